The van der Waals surface area contributed by atoms with Crippen LogP contribution >= 0.6 is 15.9 Å². The summed E-state index contributed by atoms with van der Waals surface area (Å²) in [7, 11) is 0. The number of hydrogen-bond acceptors (Lipinski definition) is 2. The molecule has 1 heterocycles. The fraction of sp³-hybridized carbons (Fsp3) is 0.412. The summed E-state index contributed by atoms with van der Waals surface area (Å²) in [5.74, 6) is 0.495. The molecule has 0 aromatic heterocycles. The van der Waals surface area contributed by atoms with Gasteiger partial charge in [-0.15, -0.1) is 0 Å². The summed E-state index contributed by atoms with van der Waals surface area (Å²) in [5.41, 5.74) is 3.43. The number of benzene rings is 1. The number of halogens is 1. The van der Waals surface area contributed by atoms with E-state index >= 15 is 0 Å². The van der Waals surface area contributed by atoms with Crippen LogP contribution in [0.15, 0.2) is 47.1 Å². The van der Waals surface area contributed by atoms with E-state index in [1.54, 1.807) is 0 Å². The highest BCUT2D eigenvalue weighted by Gasteiger charge is 2.23. The first-order valence-corrected chi connectivity index (χ1v) is 8.02. The molecule has 0 aliphatic carbocycles. The van der Waals surface area contributed by atoms with Crippen molar-refractivity contribution in [3.8, 4) is 0 Å². The van der Waals surface area contributed by atoms with E-state index in [1.165, 1.54) is 18.4 Å². The summed E-state index contributed by atoms with van der Waals surface area (Å²) in [5, 5.41) is 7.04. The van der Waals surface area contributed by atoms with Crippen LogP contribution in [0.3, 0.4) is 0 Å². The molecule has 1 aromatic carbocycles. The lowest BCUT2D eigenvalue weighted by Gasteiger charge is -2.32. The van der Waals surface area contributed by atoms with E-state index < -0.39 is 0 Å². The van der Waals surface area contributed by atoms with E-state index in [-0.39, 0.29) is 0 Å². The highest BCUT2D eigenvalue weighted by molar-refractivity contribution is 9.10. The molecule has 1 aromatic rings. The molecule has 1 aliphatic rings. The van der Waals surface area contributed by atoms with Crippen molar-refractivity contribution in [3.63, 3.8) is 0 Å². The Morgan fingerprint density at radius 2 is 2.10 bits per heavy atom. The fourth-order valence-corrected chi connectivity index (χ4v) is 2.99. The third kappa shape index (κ3) is 3.74. The fourth-order valence-electron chi connectivity index (χ4n) is 2.73. The number of rotatable bonds is 4. The Bertz CT molecular complexity index is 490. The molecule has 0 amide bonds. The zero-order chi connectivity index (χ0) is 14.5. The highest BCUT2D eigenvalue weighted by atomic mass is 79.9. The molecule has 1 fully saturated rings. The predicted octanol–water partition coefficient (Wildman–Crippen LogP) is 4.30. The normalized spacial score (nSPS) is 23.4. The van der Waals surface area contributed by atoms with E-state index in [1.807, 2.05) is 0 Å². The molecule has 20 heavy (non-hydrogen) atoms. The lowest BCUT2D eigenvalue weighted by molar-refractivity contribution is 0.328. The van der Waals surface area contributed by atoms with Crippen molar-refractivity contribution in [2.45, 2.75) is 32.7 Å². The average molecular weight is 335 g/mol. The smallest absolute Gasteiger partial charge is 0.0412 e. The molecule has 0 saturated carbocycles. The molecule has 2 atom stereocenters. The van der Waals surface area contributed by atoms with Gasteiger partial charge < -0.3 is 10.6 Å². The zero-order valence-corrected chi connectivity index (χ0v) is 13.8. The molecule has 2 rings (SSSR count). The Morgan fingerprint density at radius 3 is 2.70 bits per heavy atom. The van der Waals surface area contributed by atoms with E-state index in [4.69, 9.17) is 0 Å². The summed E-state index contributed by atoms with van der Waals surface area (Å²) in [4.78, 5) is 0. The van der Waals surface area contributed by atoms with Gasteiger partial charge in [-0.05, 0) is 50.9 Å². The maximum absolute atomic E-state index is 4.26. The lowest BCUT2D eigenvalue weighted by Crippen LogP contribution is -2.41. The van der Waals surface area contributed by atoms with E-state index in [0.29, 0.717) is 12.0 Å². The van der Waals surface area contributed by atoms with Gasteiger partial charge in [0.25, 0.3) is 0 Å². The first-order valence-electron chi connectivity index (χ1n) is 7.23. The number of nitrogens with one attached hydrogen (secondary N) is 2. The molecule has 108 valence electrons. The summed E-state index contributed by atoms with van der Waals surface area (Å²) in [6.45, 7) is 9.68. The summed E-state index contributed by atoms with van der Waals surface area (Å²) >= 11 is 3.47. The second-order valence-electron chi connectivity index (χ2n) is 5.35. The minimum Gasteiger partial charge on any atom is -0.359 e. The Kier molecular flexibility index (Phi) is 5.44. The van der Waals surface area contributed by atoms with Crippen LogP contribution in [-0.2, 0) is 0 Å². The van der Waals surface area contributed by atoms with Gasteiger partial charge in [-0.3, -0.25) is 0 Å². The molecular formula is C17H23BrN2. The molecule has 1 saturated heterocycles. The van der Waals surface area contributed by atoms with Gasteiger partial charge in [-0.2, -0.15) is 0 Å². The Hall–Kier alpha value is -1.06. The van der Waals surface area contributed by atoms with Crippen LogP contribution in [0.1, 0.15) is 32.3 Å². The zero-order valence-electron chi connectivity index (χ0n) is 12.2. The summed E-state index contributed by atoms with van der Waals surface area (Å²) < 4.78 is 1.10. The van der Waals surface area contributed by atoms with Crippen LogP contribution in [0.4, 0.5) is 0 Å². The van der Waals surface area contributed by atoms with Crippen molar-refractivity contribution in [1.29, 1.82) is 0 Å². The quantitative estimate of drug-likeness (QED) is 0.857. The molecule has 2 N–H and O–H groups in total. The number of piperidine rings is 1. The molecule has 3 heteroatoms. The van der Waals surface area contributed by atoms with E-state index in [0.717, 1.165) is 22.4 Å². The standard InChI is InChI=1S/C17H23BrN2/c1-4-17(14-7-9-15(18)10-8-14)20-13(3)16-6-5-11-19-12(16)2/h4,7-10,12,16,19-20H,3,5-6,11H2,1-2H3/b17-4-. The monoisotopic (exact) mass is 334 g/mol. The molecule has 2 nitrogen and oxygen atoms in total. The van der Waals surface area contributed by atoms with Crippen LogP contribution in [0, 0.1) is 5.92 Å². The van der Waals surface area contributed by atoms with Crippen molar-refractivity contribution in [2.75, 3.05) is 6.54 Å². The highest BCUT2D eigenvalue weighted by Crippen LogP contribution is 2.24. The minimum atomic E-state index is 0.492. The topological polar surface area (TPSA) is 24.1 Å². The van der Waals surface area contributed by atoms with Crippen LogP contribution in [-0.4, -0.2) is 12.6 Å². The van der Waals surface area contributed by atoms with Crippen LogP contribution in [0.25, 0.3) is 5.70 Å². The molecule has 0 radical (unpaired) electrons. The Balaban J connectivity index is 2.06. The van der Waals surface area contributed by atoms with Crippen molar-refractivity contribution in [2.24, 2.45) is 5.92 Å². The summed E-state index contributed by atoms with van der Waals surface area (Å²) in [6, 6.07) is 8.85. The average Bonchev–Trinajstić information content (AvgIpc) is 2.46. The third-order valence-electron chi connectivity index (χ3n) is 3.95. The van der Waals surface area contributed by atoms with Gasteiger partial charge in [0.05, 0.1) is 0 Å². The van der Waals surface area contributed by atoms with Crippen LogP contribution in [0.5, 0.6) is 0 Å². The van der Waals surface area contributed by atoms with Crippen molar-refractivity contribution >= 4 is 21.6 Å². The van der Waals surface area contributed by atoms with Crippen LogP contribution in [0.2, 0.25) is 0 Å². The van der Waals surface area contributed by atoms with Gasteiger partial charge in [-0.25, -0.2) is 0 Å². The molecule has 0 spiro atoms. The molecule has 1 aliphatic heterocycles. The van der Waals surface area contributed by atoms with Crippen molar-refractivity contribution in [1.82, 2.24) is 10.6 Å². The largest absolute Gasteiger partial charge is 0.359 e. The van der Waals surface area contributed by atoms with Gasteiger partial charge in [-0.1, -0.05) is 40.7 Å². The maximum Gasteiger partial charge on any atom is 0.0412 e. The summed E-state index contributed by atoms with van der Waals surface area (Å²) in [6.07, 6.45) is 4.53. The SMILES string of the molecule is C=C(N/C(=C\C)c1ccc(Br)cc1)C1CCCNC1C. The van der Waals surface area contributed by atoms with Gasteiger partial charge >= 0.3 is 0 Å². The van der Waals surface area contributed by atoms with Gasteiger partial charge in [0.2, 0.25) is 0 Å². The second kappa shape index (κ2) is 7.09. The van der Waals surface area contributed by atoms with Gasteiger partial charge in [0.15, 0.2) is 0 Å². The van der Waals surface area contributed by atoms with Crippen molar-refractivity contribution < 1.29 is 0 Å². The number of allylic oxidation sites excluding steroid dienone is 1. The first kappa shape index (κ1) is 15.3. The maximum atomic E-state index is 4.26. The van der Waals surface area contributed by atoms with Crippen LogP contribution < -0.4 is 10.6 Å². The Labute approximate surface area is 130 Å². The third-order valence-corrected chi connectivity index (χ3v) is 4.48. The van der Waals surface area contributed by atoms with Gasteiger partial charge in [0.1, 0.15) is 0 Å². The predicted molar refractivity (Wildman–Crippen MR) is 90.3 cm³/mol. The van der Waals surface area contributed by atoms with E-state index in [2.05, 4.69) is 77.3 Å². The minimum absolute atomic E-state index is 0.492. The van der Waals surface area contributed by atoms with E-state index in [9.17, 15) is 0 Å². The molecule has 0 bridgehead atoms. The Morgan fingerprint density at radius 1 is 1.40 bits per heavy atom. The first-order chi connectivity index (χ1) is 9.61. The lowest BCUT2D eigenvalue weighted by atomic mass is 9.89. The second-order valence-corrected chi connectivity index (χ2v) is 6.27. The van der Waals surface area contributed by atoms with Gasteiger partial charge in [0, 0.05) is 27.8 Å². The van der Waals surface area contributed by atoms with Crippen molar-refractivity contribution in [3.05, 3.63) is 52.7 Å². The molecule has 2 unspecified atom stereocenters. The number of hydrogen-bond donors (Lipinski definition) is 2. The molecular weight excluding hydrogens is 312 g/mol.